The van der Waals surface area contributed by atoms with Crippen LogP contribution >= 0.6 is 11.3 Å². The van der Waals surface area contributed by atoms with Crippen LogP contribution in [0.15, 0.2) is 309 Å². The zero-order valence-corrected chi connectivity index (χ0v) is 43.3. The smallest absolute Gasteiger partial charge is 0.0714 e. The van der Waals surface area contributed by atoms with Crippen LogP contribution in [0.4, 0.5) is 17.1 Å². The van der Waals surface area contributed by atoms with E-state index in [1.165, 1.54) is 72.1 Å². The van der Waals surface area contributed by atoms with Crippen molar-refractivity contribution in [2.24, 2.45) is 0 Å². The molecule has 1 heterocycles. The van der Waals surface area contributed by atoms with E-state index in [2.05, 4.69) is 253 Å². The van der Waals surface area contributed by atoms with Gasteiger partial charge in [0.25, 0.3) is 0 Å². The highest BCUT2D eigenvalue weighted by molar-refractivity contribution is 7.17. The van der Waals surface area contributed by atoms with Gasteiger partial charge in [-0.3, -0.25) is 0 Å². The molecule has 2 aliphatic carbocycles. The second-order valence-electron chi connectivity index (χ2n) is 20.4. The van der Waals surface area contributed by atoms with E-state index in [1.54, 1.807) is 11.3 Å². The number of anilines is 3. The van der Waals surface area contributed by atoms with Crippen molar-refractivity contribution in [3.63, 3.8) is 0 Å². The fraction of sp³-hybridized carbons (Fsp3) is 0.0263. The first-order chi connectivity index (χ1) is 40.3. The third-order valence-corrected chi connectivity index (χ3v) is 17.2. The molecule has 2 heteroatoms. The molecule has 0 aliphatic heterocycles. The SMILES string of the molecule is [2H]c1c([2H])c(-c2cccc(N(c3ccc4c(c3)C(c3ccccc3)(c3ccccc3)c3ccccc3-4)c3ccc4ccsc4c3)c2)c([2H])c([2H])c1-c1cccc(-c2ccc3c(c2)C(c2ccccc2)(c2ccccc2)c2ccccc2-3)c1. The van der Waals surface area contributed by atoms with Crippen LogP contribution < -0.4 is 4.90 Å². The standard InChI is InChI=1S/C76H51NS/c1-5-22-59(23-6-1)75(60-24-7-2-8-25-60)70-33-15-13-31-66(70)68-43-40-58(49-72(68)75)56-20-17-19-55(47-56)52-35-37-53(38-36-52)57-21-18-30-63(48-57)77(65-41-39-54-45-46-78-74(54)51-65)64-42-44-69-67-32-14-16-34-71(67)76(73(69)50-64,61-26-9-3-10-27-61)62-28-11-4-12-29-62/h1-51H/i35D,36D,37D,38D. The van der Waals surface area contributed by atoms with E-state index in [-0.39, 0.29) is 35.3 Å². The van der Waals surface area contributed by atoms with Gasteiger partial charge in [-0.15, -0.1) is 11.3 Å². The normalized spacial score (nSPS) is 14.1. The highest BCUT2D eigenvalue weighted by Gasteiger charge is 2.47. The van der Waals surface area contributed by atoms with Crippen LogP contribution in [0.1, 0.15) is 50.0 Å². The molecular weight excluding hydrogens is 959 g/mol. The van der Waals surface area contributed by atoms with Gasteiger partial charge >= 0.3 is 0 Å². The molecule has 0 atom stereocenters. The van der Waals surface area contributed by atoms with Crippen LogP contribution in [-0.2, 0) is 10.8 Å². The largest absolute Gasteiger partial charge is 0.310 e. The fourth-order valence-corrected chi connectivity index (χ4v) is 13.8. The number of thiophene rings is 1. The fourth-order valence-electron chi connectivity index (χ4n) is 13.0. The van der Waals surface area contributed by atoms with Crippen LogP contribution in [0.25, 0.3) is 65.7 Å². The molecule has 15 rings (SSSR count). The van der Waals surface area contributed by atoms with Gasteiger partial charge in [0.2, 0.25) is 0 Å². The van der Waals surface area contributed by atoms with Crippen LogP contribution in [0.3, 0.4) is 0 Å². The van der Waals surface area contributed by atoms with Gasteiger partial charge in [0.05, 0.1) is 16.3 Å². The van der Waals surface area contributed by atoms with Gasteiger partial charge in [-0.2, -0.15) is 0 Å². The van der Waals surface area contributed by atoms with Crippen molar-refractivity contribution in [1.29, 1.82) is 0 Å². The zero-order chi connectivity index (χ0) is 55.1. The first kappa shape index (κ1) is 41.6. The molecule has 0 bridgehead atoms. The van der Waals surface area contributed by atoms with Gasteiger partial charge in [-0.05, 0) is 166 Å². The highest BCUT2D eigenvalue weighted by atomic mass is 32.1. The summed E-state index contributed by atoms with van der Waals surface area (Å²) in [7, 11) is 0. The monoisotopic (exact) mass is 1010 g/mol. The summed E-state index contributed by atoms with van der Waals surface area (Å²) in [4.78, 5) is 2.27. The Morgan fingerprint density at radius 2 is 0.692 bits per heavy atom. The lowest BCUT2D eigenvalue weighted by Crippen LogP contribution is -2.28. The number of hydrogen-bond donors (Lipinski definition) is 0. The van der Waals surface area contributed by atoms with Crippen molar-refractivity contribution >= 4 is 38.5 Å². The molecule has 0 radical (unpaired) electrons. The summed E-state index contributed by atoms with van der Waals surface area (Å²) in [6, 6.07) is 98.4. The second kappa shape index (κ2) is 18.6. The van der Waals surface area contributed by atoms with Gasteiger partial charge in [0, 0.05) is 21.8 Å². The van der Waals surface area contributed by atoms with Gasteiger partial charge < -0.3 is 4.90 Å². The molecule has 0 fully saturated rings. The molecule has 13 aromatic rings. The predicted octanol–water partition coefficient (Wildman–Crippen LogP) is 20.1. The molecule has 0 N–H and O–H groups in total. The Hall–Kier alpha value is -9.60. The molecule has 0 unspecified atom stereocenters. The Morgan fingerprint density at radius 3 is 1.26 bits per heavy atom. The Balaban J connectivity index is 0.850. The number of nitrogens with zero attached hydrogens (tertiary/aromatic N) is 1. The average Bonchev–Trinajstić information content (AvgIpc) is 2.28. The maximum Gasteiger partial charge on any atom is 0.0714 e. The van der Waals surface area contributed by atoms with Crippen LogP contribution in [0.2, 0.25) is 0 Å². The molecule has 0 amide bonds. The molecule has 1 nitrogen and oxygen atoms in total. The topological polar surface area (TPSA) is 3.24 Å². The van der Waals surface area contributed by atoms with Gasteiger partial charge in [0.1, 0.15) is 0 Å². The quantitative estimate of drug-likeness (QED) is 0.132. The van der Waals surface area contributed by atoms with E-state index in [1.807, 2.05) is 36.4 Å². The summed E-state index contributed by atoms with van der Waals surface area (Å²) >= 11 is 1.70. The molecule has 12 aromatic carbocycles. The Morgan fingerprint density at radius 1 is 0.282 bits per heavy atom. The molecular formula is C76H51NS. The molecule has 2 aliphatic rings. The zero-order valence-electron chi connectivity index (χ0n) is 46.5. The lowest BCUT2D eigenvalue weighted by atomic mass is 9.67. The summed E-state index contributed by atoms with van der Waals surface area (Å²) in [6.45, 7) is 0. The third-order valence-electron chi connectivity index (χ3n) is 16.4. The minimum Gasteiger partial charge on any atom is -0.310 e. The van der Waals surface area contributed by atoms with Crippen molar-refractivity contribution in [3.05, 3.63) is 353 Å². The number of benzene rings is 12. The Kier molecular flexibility index (Phi) is 9.93. The molecule has 78 heavy (non-hydrogen) atoms. The average molecular weight is 1010 g/mol. The van der Waals surface area contributed by atoms with Crippen molar-refractivity contribution in [2.45, 2.75) is 10.8 Å². The molecule has 0 saturated carbocycles. The maximum absolute atomic E-state index is 9.76. The predicted molar refractivity (Wildman–Crippen MR) is 327 cm³/mol. The minimum absolute atomic E-state index is 0.0912. The van der Waals surface area contributed by atoms with E-state index in [4.69, 9.17) is 0 Å². The van der Waals surface area contributed by atoms with Crippen LogP contribution in [-0.4, -0.2) is 0 Å². The van der Waals surface area contributed by atoms with Crippen molar-refractivity contribution < 1.29 is 5.48 Å². The van der Waals surface area contributed by atoms with Crippen molar-refractivity contribution in [2.75, 3.05) is 4.90 Å². The van der Waals surface area contributed by atoms with Gasteiger partial charge in [-0.1, -0.05) is 249 Å². The van der Waals surface area contributed by atoms with Crippen LogP contribution in [0.5, 0.6) is 0 Å². The lowest BCUT2D eigenvalue weighted by Gasteiger charge is -2.35. The van der Waals surface area contributed by atoms with Crippen molar-refractivity contribution in [1.82, 2.24) is 0 Å². The van der Waals surface area contributed by atoms with Crippen molar-refractivity contribution in [3.8, 4) is 55.6 Å². The van der Waals surface area contributed by atoms with Crippen LogP contribution in [0, 0.1) is 0 Å². The summed E-state index contributed by atoms with van der Waals surface area (Å²) < 4.78 is 40.1. The molecule has 0 spiro atoms. The lowest BCUT2D eigenvalue weighted by molar-refractivity contribution is 0.768. The summed E-state index contributed by atoms with van der Waals surface area (Å²) in [5, 5.41) is 3.29. The summed E-state index contributed by atoms with van der Waals surface area (Å²) in [5.41, 5.74) is 19.5. The molecule has 366 valence electrons. The van der Waals surface area contributed by atoms with E-state index in [0.29, 0.717) is 11.1 Å². The van der Waals surface area contributed by atoms with E-state index < -0.39 is 10.8 Å². The first-order valence-corrected chi connectivity index (χ1v) is 27.5. The minimum atomic E-state index is -0.614. The molecule has 0 saturated heterocycles. The van der Waals surface area contributed by atoms with E-state index >= 15 is 0 Å². The highest BCUT2D eigenvalue weighted by Crippen LogP contribution is 2.59. The van der Waals surface area contributed by atoms with Gasteiger partial charge in [0.15, 0.2) is 0 Å². The second-order valence-corrected chi connectivity index (χ2v) is 21.4. The maximum atomic E-state index is 9.76. The Labute approximate surface area is 465 Å². The summed E-state index contributed by atoms with van der Waals surface area (Å²) in [5.74, 6) is 0. The number of hydrogen-bond acceptors (Lipinski definition) is 2. The first-order valence-electron chi connectivity index (χ1n) is 28.6. The molecule has 1 aromatic heterocycles. The summed E-state index contributed by atoms with van der Waals surface area (Å²) in [6.07, 6.45) is 0. The third kappa shape index (κ3) is 7.14. The van der Waals surface area contributed by atoms with E-state index in [9.17, 15) is 5.48 Å². The van der Waals surface area contributed by atoms with Gasteiger partial charge in [-0.25, -0.2) is 0 Å². The van der Waals surface area contributed by atoms with E-state index in [0.717, 1.165) is 32.9 Å². The number of fused-ring (bicyclic) bond motifs is 7. The number of rotatable bonds is 10. The Bertz CT molecular complexity index is 4520.